The predicted molar refractivity (Wildman–Crippen MR) is 77.0 cm³/mol. The zero-order valence-corrected chi connectivity index (χ0v) is 11.7. The zero-order valence-electron chi connectivity index (χ0n) is 11.0. The molecule has 3 heterocycles. The van der Waals surface area contributed by atoms with Crippen molar-refractivity contribution in [1.82, 2.24) is 19.5 Å². The van der Waals surface area contributed by atoms with Crippen LogP contribution in [-0.4, -0.2) is 26.6 Å². The van der Waals surface area contributed by atoms with Crippen molar-refractivity contribution < 1.29 is 4.84 Å². The van der Waals surface area contributed by atoms with Gasteiger partial charge in [0.1, 0.15) is 22.9 Å². The molecule has 0 aliphatic heterocycles. The Bertz CT molecular complexity index is 753. The third kappa shape index (κ3) is 2.09. The summed E-state index contributed by atoms with van der Waals surface area (Å²) in [7, 11) is 1.54. The van der Waals surface area contributed by atoms with Crippen LogP contribution in [0.2, 0.25) is 5.15 Å². The lowest BCUT2D eigenvalue weighted by Gasteiger charge is -2.06. The van der Waals surface area contributed by atoms with E-state index >= 15 is 0 Å². The Kier molecular flexibility index (Phi) is 3.25. The van der Waals surface area contributed by atoms with Gasteiger partial charge in [0.25, 0.3) is 0 Å². The minimum atomic E-state index is 0.455. The van der Waals surface area contributed by atoms with E-state index in [0.29, 0.717) is 11.0 Å². The van der Waals surface area contributed by atoms with Crippen LogP contribution in [0, 0.1) is 6.92 Å². The van der Waals surface area contributed by atoms with Gasteiger partial charge in [-0.25, -0.2) is 20.4 Å². The minimum absolute atomic E-state index is 0.455. The van der Waals surface area contributed by atoms with Crippen molar-refractivity contribution in [2.75, 3.05) is 12.6 Å². The molecule has 0 fully saturated rings. The van der Waals surface area contributed by atoms with Crippen LogP contribution in [0.5, 0.6) is 0 Å². The molecule has 0 saturated carbocycles. The fourth-order valence-electron chi connectivity index (χ4n) is 2.09. The summed E-state index contributed by atoms with van der Waals surface area (Å²) in [5.74, 6) is 0.636. The molecule has 0 atom stereocenters. The lowest BCUT2D eigenvalue weighted by atomic mass is 10.3. The van der Waals surface area contributed by atoms with E-state index in [2.05, 4.69) is 20.4 Å². The summed E-state index contributed by atoms with van der Waals surface area (Å²) in [6, 6.07) is 3.74. The van der Waals surface area contributed by atoms with Crippen molar-refractivity contribution in [3.05, 3.63) is 41.6 Å². The van der Waals surface area contributed by atoms with Gasteiger partial charge in [-0.3, -0.25) is 9.40 Å². The van der Waals surface area contributed by atoms with Gasteiger partial charge in [0.05, 0.1) is 24.4 Å². The van der Waals surface area contributed by atoms with Crippen LogP contribution in [0.4, 0.5) is 5.82 Å². The van der Waals surface area contributed by atoms with Gasteiger partial charge in [-0.1, -0.05) is 11.6 Å². The number of aromatic nitrogens is 4. The number of rotatable bonds is 3. The van der Waals surface area contributed by atoms with E-state index in [1.165, 1.54) is 13.4 Å². The summed E-state index contributed by atoms with van der Waals surface area (Å²) < 4.78 is 1.93. The van der Waals surface area contributed by atoms with Gasteiger partial charge in [-0.15, -0.1) is 0 Å². The molecule has 3 aromatic rings. The van der Waals surface area contributed by atoms with Crippen LogP contribution >= 0.6 is 11.6 Å². The van der Waals surface area contributed by atoms with Crippen molar-refractivity contribution in [2.45, 2.75) is 6.92 Å². The molecule has 0 spiro atoms. The third-order valence-corrected chi connectivity index (χ3v) is 3.25. The van der Waals surface area contributed by atoms with E-state index in [0.717, 1.165) is 22.3 Å². The van der Waals surface area contributed by atoms with E-state index in [9.17, 15) is 0 Å². The van der Waals surface area contributed by atoms with Crippen LogP contribution in [0.15, 0.2) is 30.9 Å². The smallest absolute Gasteiger partial charge is 0.149 e. The maximum Gasteiger partial charge on any atom is 0.149 e. The summed E-state index contributed by atoms with van der Waals surface area (Å²) in [4.78, 5) is 17.4. The standard InChI is InChI=1S/C13H12ClN5O/c1-8-6-19(13-11(8)12(14)16-7-17-13)9-3-4-10(15-5-9)18-20-2/h3-7H,1-2H3,(H,15,18). The molecule has 20 heavy (non-hydrogen) atoms. The number of anilines is 1. The van der Waals surface area contributed by atoms with Gasteiger partial charge in [-0.05, 0) is 24.6 Å². The van der Waals surface area contributed by atoms with Crippen molar-refractivity contribution >= 4 is 28.5 Å². The molecule has 1 N–H and O–H groups in total. The molecule has 0 aliphatic carbocycles. The highest BCUT2D eigenvalue weighted by atomic mass is 35.5. The second-order valence-electron chi connectivity index (χ2n) is 4.25. The van der Waals surface area contributed by atoms with Crippen molar-refractivity contribution in [3.63, 3.8) is 0 Å². The summed E-state index contributed by atoms with van der Waals surface area (Å²) in [5.41, 5.74) is 5.34. The fourth-order valence-corrected chi connectivity index (χ4v) is 2.36. The molecule has 0 aliphatic rings. The molecule has 0 unspecified atom stereocenters. The van der Waals surface area contributed by atoms with E-state index < -0.39 is 0 Å². The van der Waals surface area contributed by atoms with Crippen molar-refractivity contribution in [2.24, 2.45) is 0 Å². The third-order valence-electron chi connectivity index (χ3n) is 2.96. The highest BCUT2D eigenvalue weighted by molar-refractivity contribution is 6.34. The Morgan fingerprint density at radius 2 is 2.10 bits per heavy atom. The molecule has 7 heteroatoms. The van der Waals surface area contributed by atoms with Gasteiger partial charge in [0, 0.05) is 6.20 Å². The predicted octanol–water partition coefficient (Wildman–Crippen LogP) is 2.75. The monoisotopic (exact) mass is 289 g/mol. The first-order chi connectivity index (χ1) is 9.70. The number of nitrogens with zero attached hydrogens (tertiary/aromatic N) is 4. The first-order valence-electron chi connectivity index (χ1n) is 5.94. The minimum Gasteiger partial charge on any atom is -0.299 e. The normalized spacial score (nSPS) is 10.9. The van der Waals surface area contributed by atoms with Gasteiger partial charge in [0.2, 0.25) is 0 Å². The van der Waals surface area contributed by atoms with Gasteiger partial charge >= 0.3 is 0 Å². The number of aryl methyl sites for hydroxylation is 1. The number of halogens is 1. The summed E-state index contributed by atoms with van der Waals surface area (Å²) in [6.07, 6.45) is 5.15. The Labute approximate surface area is 120 Å². The largest absolute Gasteiger partial charge is 0.299 e. The van der Waals surface area contributed by atoms with E-state index in [-0.39, 0.29) is 0 Å². The molecule has 0 amide bonds. The first-order valence-corrected chi connectivity index (χ1v) is 6.32. The molecular formula is C13H12ClN5O. The zero-order chi connectivity index (χ0) is 14.1. The lowest BCUT2D eigenvalue weighted by Crippen LogP contribution is -2.00. The molecule has 0 aromatic carbocycles. The Hall–Kier alpha value is -2.18. The van der Waals surface area contributed by atoms with Gasteiger partial charge in [0.15, 0.2) is 0 Å². The Balaban J connectivity index is 2.12. The maximum atomic E-state index is 6.12. The maximum absolute atomic E-state index is 6.12. The SMILES string of the molecule is CONc1ccc(-n2cc(C)c3c(Cl)ncnc32)cn1. The van der Waals surface area contributed by atoms with Crippen molar-refractivity contribution in [1.29, 1.82) is 0 Å². The first kappa shape index (κ1) is 12.8. The number of nitrogens with one attached hydrogen (secondary N) is 1. The van der Waals surface area contributed by atoms with Crippen LogP contribution in [0.25, 0.3) is 16.7 Å². The van der Waals surface area contributed by atoms with Gasteiger partial charge in [-0.2, -0.15) is 0 Å². The molecule has 0 bridgehead atoms. The molecule has 102 valence electrons. The quantitative estimate of drug-likeness (QED) is 0.593. The fraction of sp³-hybridized carbons (Fsp3) is 0.154. The van der Waals surface area contributed by atoms with Crippen LogP contribution in [0.1, 0.15) is 5.56 Å². The van der Waals surface area contributed by atoms with Crippen LogP contribution < -0.4 is 5.48 Å². The topological polar surface area (TPSA) is 64.9 Å². The van der Waals surface area contributed by atoms with Crippen molar-refractivity contribution in [3.8, 4) is 5.69 Å². The summed E-state index contributed by atoms with van der Waals surface area (Å²) >= 11 is 6.12. The second-order valence-corrected chi connectivity index (χ2v) is 4.61. The number of fused-ring (bicyclic) bond motifs is 1. The molecule has 3 rings (SSSR count). The molecule has 6 nitrogen and oxygen atoms in total. The van der Waals surface area contributed by atoms with E-state index in [4.69, 9.17) is 16.4 Å². The molecule has 0 radical (unpaired) electrons. The molecule has 0 saturated heterocycles. The number of hydrogen-bond donors (Lipinski definition) is 1. The van der Waals surface area contributed by atoms with E-state index in [1.54, 1.807) is 6.20 Å². The lowest BCUT2D eigenvalue weighted by molar-refractivity contribution is 0.269. The second kappa shape index (κ2) is 5.07. The van der Waals surface area contributed by atoms with Crippen LogP contribution in [-0.2, 0) is 4.84 Å². The van der Waals surface area contributed by atoms with Crippen LogP contribution in [0.3, 0.4) is 0 Å². The Morgan fingerprint density at radius 3 is 2.80 bits per heavy atom. The number of hydrogen-bond acceptors (Lipinski definition) is 5. The highest BCUT2D eigenvalue weighted by Crippen LogP contribution is 2.27. The van der Waals surface area contributed by atoms with Gasteiger partial charge < -0.3 is 0 Å². The molecular weight excluding hydrogens is 278 g/mol. The molecule has 3 aromatic heterocycles. The summed E-state index contributed by atoms with van der Waals surface area (Å²) in [5, 5.41) is 1.31. The average Bonchev–Trinajstić information content (AvgIpc) is 2.79. The number of pyridine rings is 1. The summed E-state index contributed by atoms with van der Waals surface area (Å²) in [6.45, 7) is 1.97. The highest BCUT2D eigenvalue weighted by Gasteiger charge is 2.12. The Morgan fingerprint density at radius 1 is 1.25 bits per heavy atom. The van der Waals surface area contributed by atoms with E-state index in [1.807, 2.05) is 29.8 Å². The average molecular weight is 290 g/mol.